The number of ether oxygens (including phenoxy) is 3. The van der Waals surface area contributed by atoms with Crippen LogP contribution in [0.4, 0.5) is 0 Å². The molecule has 3 atom stereocenters. The largest absolute Gasteiger partial charge is 0.472 e. The molecular formula is C62H101O11P. The SMILES string of the molecule is CC/C=C\C/C=C\C/C=C\C/C=C\C/C=C\CC(=O)OCC(COP(=O)(O)OCC(CO)OC(=O)CCCCCCC/C=C\CCCCCC)OC(=O)CCCCCCCC/C=C\C/C=C\C/C=C\C/C=C\CC. The van der Waals surface area contributed by atoms with Crippen LogP contribution >= 0.6 is 7.82 Å². The van der Waals surface area contributed by atoms with Gasteiger partial charge in [-0.3, -0.25) is 23.4 Å². The maximum absolute atomic E-state index is 12.9. The molecule has 0 aromatic rings. The van der Waals surface area contributed by atoms with Crippen molar-refractivity contribution in [3.05, 3.63) is 122 Å². The van der Waals surface area contributed by atoms with Crippen LogP contribution in [0.1, 0.15) is 213 Å². The second kappa shape index (κ2) is 55.1. The number of esters is 3. The molecule has 0 saturated heterocycles. The minimum atomic E-state index is -4.78. The number of allylic oxidation sites excluding steroid dienone is 19. The summed E-state index contributed by atoms with van der Waals surface area (Å²) in [6.45, 7) is 4.25. The third kappa shape index (κ3) is 52.7. The maximum Gasteiger partial charge on any atom is 0.472 e. The maximum atomic E-state index is 12.9. The van der Waals surface area contributed by atoms with Crippen LogP contribution in [0.5, 0.6) is 0 Å². The molecule has 0 aliphatic heterocycles. The van der Waals surface area contributed by atoms with Gasteiger partial charge in [-0.25, -0.2) is 4.57 Å². The van der Waals surface area contributed by atoms with Gasteiger partial charge in [-0.05, 0) is 109 Å². The van der Waals surface area contributed by atoms with Crippen LogP contribution in [-0.2, 0) is 42.2 Å². The van der Waals surface area contributed by atoms with Gasteiger partial charge in [0.2, 0.25) is 0 Å². The summed E-state index contributed by atoms with van der Waals surface area (Å²) >= 11 is 0. The first-order valence-corrected chi connectivity index (χ1v) is 29.9. The normalized spacial score (nSPS) is 14.3. The van der Waals surface area contributed by atoms with E-state index >= 15 is 0 Å². The Kier molecular flexibility index (Phi) is 52.1. The monoisotopic (exact) mass is 1050 g/mol. The predicted molar refractivity (Wildman–Crippen MR) is 306 cm³/mol. The van der Waals surface area contributed by atoms with Crippen molar-refractivity contribution in [2.45, 2.75) is 226 Å². The van der Waals surface area contributed by atoms with Gasteiger partial charge >= 0.3 is 25.7 Å². The average molecular weight is 1050 g/mol. The zero-order valence-electron chi connectivity index (χ0n) is 46.3. The summed E-state index contributed by atoms with van der Waals surface area (Å²) in [4.78, 5) is 48.4. The number of aliphatic hydroxyl groups excluding tert-OH is 1. The summed E-state index contributed by atoms with van der Waals surface area (Å²) in [5.74, 6) is -1.65. The van der Waals surface area contributed by atoms with E-state index in [4.69, 9.17) is 23.3 Å². The highest BCUT2D eigenvalue weighted by atomic mass is 31.2. The summed E-state index contributed by atoms with van der Waals surface area (Å²) < 4.78 is 39.3. The lowest BCUT2D eigenvalue weighted by atomic mass is 10.1. The smallest absolute Gasteiger partial charge is 0.461 e. The van der Waals surface area contributed by atoms with Crippen molar-refractivity contribution in [3.8, 4) is 0 Å². The number of phosphoric ester groups is 1. The number of phosphoric acid groups is 1. The number of unbranched alkanes of at least 4 members (excludes halogenated alkanes) is 15. The molecule has 12 heteroatoms. The standard InChI is InChI=1S/C62H101O11P/c1-4-7-10-13-16-19-22-25-27-28-29-30-32-35-38-41-44-47-50-53-62(66)73-59(55-69-60(64)51-48-45-42-39-36-34-31-26-23-20-17-14-11-8-5-2)57-71-74(67,68)70-56-58(54-63)72-61(65)52-49-46-43-40-37-33-24-21-18-15-12-9-6-3/h7-8,10-11,16-17,19-21,24-27,29-31,36,39,45,48,58-59,63H,4-6,9,12-15,18,22-23,28,32-35,37-38,40-44,46-47,49-57H2,1-3H3,(H,67,68)/b10-7-,11-8-,19-16-,20-17-,24-21-,27-25-,30-29-,31-26-,39-36-,48-45-. The molecule has 0 rings (SSSR count). The van der Waals surface area contributed by atoms with E-state index in [1.54, 1.807) is 6.08 Å². The van der Waals surface area contributed by atoms with E-state index < -0.39 is 64.4 Å². The van der Waals surface area contributed by atoms with E-state index in [9.17, 15) is 28.9 Å². The molecule has 0 amide bonds. The molecule has 0 aromatic heterocycles. The van der Waals surface area contributed by atoms with Crippen molar-refractivity contribution in [2.75, 3.05) is 26.4 Å². The number of aliphatic hydroxyl groups is 1. The molecule has 0 aliphatic rings. The molecule has 0 spiro atoms. The Balaban J connectivity index is 4.88. The van der Waals surface area contributed by atoms with E-state index in [0.29, 0.717) is 19.3 Å². The predicted octanol–water partition coefficient (Wildman–Crippen LogP) is 16.8. The minimum absolute atomic E-state index is 0.0153. The fraction of sp³-hybridized carbons (Fsp3) is 0.629. The second-order valence-corrected chi connectivity index (χ2v) is 19.8. The van der Waals surface area contributed by atoms with E-state index in [2.05, 4.69) is 124 Å². The van der Waals surface area contributed by atoms with Gasteiger partial charge in [0.25, 0.3) is 0 Å². The Labute approximate surface area is 449 Å². The van der Waals surface area contributed by atoms with Crippen molar-refractivity contribution in [2.24, 2.45) is 0 Å². The molecule has 420 valence electrons. The number of hydrogen-bond acceptors (Lipinski definition) is 10. The summed E-state index contributed by atoms with van der Waals surface area (Å²) in [7, 11) is -4.78. The second-order valence-electron chi connectivity index (χ2n) is 18.3. The van der Waals surface area contributed by atoms with Crippen LogP contribution in [0.3, 0.4) is 0 Å². The Morgan fingerprint density at radius 1 is 0.405 bits per heavy atom. The molecule has 2 N–H and O–H groups in total. The van der Waals surface area contributed by atoms with Crippen molar-refractivity contribution < 1.29 is 52.2 Å². The van der Waals surface area contributed by atoms with Crippen molar-refractivity contribution >= 4 is 25.7 Å². The Bertz CT molecular complexity index is 1700. The third-order valence-electron chi connectivity index (χ3n) is 11.4. The molecule has 11 nitrogen and oxygen atoms in total. The minimum Gasteiger partial charge on any atom is -0.461 e. The summed E-state index contributed by atoms with van der Waals surface area (Å²) in [6, 6.07) is 0. The molecular weight excluding hydrogens is 952 g/mol. The Morgan fingerprint density at radius 2 is 0.743 bits per heavy atom. The first-order chi connectivity index (χ1) is 36.2. The van der Waals surface area contributed by atoms with E-state index in [1.165, 1.54) is 25.7 Å². The van der Waals surface area contributed by atoms with E-state index in [-0.39, 0.29) is 19.3 Å². The first-order valence-electron chi connectivity index (χ1n) is 28.4. The zero-order valence-corrected chi connectivity index (χ0v) is 47.2. The van der Waals surface area contributed by atoms with Crippen LogP contribution in [-0.4, -0.2) is 66.5 Å². The van der Waals surface area contributed by atoms with Gasteiger partial charge in [-0.2, -0.15) is 0 Å². The Hall–Kier alpha value is -4.12. The lowest BCUT2D eigenvalue weighted by Gasteiger charge is -2.21. The zero-order chi connectivity index (χ0) is 54.1. The topological polar surface area (TPSA) is 155 Å². The van der Waals surface area contributed by atoms with Crippen molar-refractivity contribution in [1.82, 2.24) is 0 Å². The van der Waals surface area contributed by atoms with Gasteiger partial charge in [0.15, 0.2) is 6.10 Å². The highest BCUT2D eigenvalue weighted by Gasteiger charge is 2.28. The van der Waals surface area contributed by atoms with Gasteiger partial charge in [0, 0.05) is 12.8 Å². The molecule has 0 aliphatic carbocycles. The number of rotatable bonds is 51. The lowest BCUT2D eigenvalue weighted by molar-refractivity contribution is -0.161. The van der Waals surface area contributed by atoms with Crippen molar-refractivity contribution in [3.63, 3.8) is 0 Å². The van der Waals surface area contributed by atoms with Gasteiger partial charge in [-0.15, -0.1) is 0 Å². The van der Waals surface area contributed by atoms with Crippen LogP contribution in [0.25, 0.3) is 0 Å². The van der Waals surface area contributed by atoms with Gasteiger partial charge in [0.1, 0.15) is 12.7 Å². The van der Waals surface area contributed by atoms with Crippen LogP contribution in [0, 0.1) is 0 Å². The summed E-state index contributed by atoms with van der Waals surface area (Å²) in [5.41, 5.74) is 0. The average Bonchev–Trinajstić information content (AvgIpc) is 3.39. The van der Waals surface area contributed by atoms with Crippen LogP contribution < -0.4 is 0 Å². The fourth-order valence-corrected chi connectivity index (χ4v) is 7.90. The van der Waals surface area contributed by atoms with Gasteiger partial charge in [0.05, 0.1) is 26.2 Å². The van der Waals surface area contributed by atoms with Crippen LogP contribution in [0.2, 0.25) is 0 Å². The number of hydrogen-bond donors (Lipinski definition) is 2. The van der Waals surface area contributed by atoms with E-state index in [0.717, 1.165) is 128 Å². The highest BCUT2D eigenvalue weighted by Crippen LogP contribution is 2.43. The third-order valence-corrected chi connectivity index (χ3v) is 12.3. The number of carbonyl (C=O) groups is 3. The van der Waals surface area contributed by atoms with Crippen molar-refractivity contribution in [1.29, 1.82) is 0 Å². The lowest BCUT2D eigenvalue weighted by Crippen LogP contribution is -2.30. The molecule has 74 heavy (non-hydrogen) atoms. The summed E-state index contributed by atoms with van der Waals surface area (Å²) in [5, 5.41) is 9.80. The quantitative estimate of drug-likeness (QED) is 0.0197. The fourth-order valence-electron chi connectivity index (χ4n) is 7.12. The molecule has 0 bridgehead atoms. The van der Waals surface area contributed by atoms with Crippen LogP contribution in [0.15, 0.2) is 122 Å². The molecule has 3 unspecified atom stereocenters. The van der Waals surface area contributed by atoms with Gasteiger partial charge < -0.3 is 24.2 Å². The molecule has 0 fully saturated rings. The molecule has 0 heterocycles. The van der Waals surface area contributed by atoms with Gasteiger partial charge in [-0.1, -0.05) is 206 Å². The summed E-state index contributed by atoms with van der Waals surface area (Å²) in [6.07, 6.45) is 67.6. The molecule has 0 aromatic carbocycles. The van der Waals surface area contributed by atoms with E-state index in [1.807, 2.05) is 12.2 Å². The Morgan fingerprint density at radius 3 is 1.16 bits per heavy atom. The highest BCUT2D eigenvalue weighted by molar-refractivity contribution is 7.47. The number of carbonyl (C=O) groups excluding carboxylic acids is 3. The first kappa shape index (κ1) is 69.9. The molecule has 0 radical (unpaired) electrons. The molecule has 0 saturated carbocycles.